The predicted molar refractivity (Wildman–Crippen MR) is 67.7 cm³/mol. The van der Waals surface area contributed by atoms with Crippen LogP contribution in [-0.2, 0) is 0 Å². The molecule has 0 unspecified atom stereocenters. The molecule has 0 radical (unpaired) electrons. The number of para-hydroxylation sites is 1. The summed E-state index contributed by atoms with van der Waals surface area (Å²) in [5, 5.41) is 3.96. The van der Waals surface area contributed by atoms with Gasteiger partial charge in [0.1, 0.15) is 0 Å². The molecule has 17 heavy (non-hydrogen) atoms. The number of anilines is 2. The molecule has 2 N–H and O–H groups in total. The second-order valence-corrected chi connectivity index (χ2v) is 3.66. The topological polar surface area (TPSA) is 68.2 Å². The molecule has 0 saturated carbocycles. The first kappa shape index (κ1) is 11.4. The van der Waals surface area contributed by atoms with Crippen LogP contribution in [0.1, 0.15) is 13.8 Å². The Labute approximate surface area is 100 Å². The van der Waals surface area contributed by atoms with Crippen molar-refractivity contribution in [2.45, 2.75) is 13.8 Å². The van der Waals surface area contributed by atoms with Crippen LogP contribution in [0.25, 0.3) is 11.5 Å². The van der Waals surface area contributed by atoms with Crippen LogP contribution in [0.5, 0.6) is 0 Å². The molecule has 1 aromatic carbocycles. The van der Waals surface area contributed by atoms with Crippen molar-refractivity contribution < 1.29 is 4.52 Å². The van der Waals surface area contributed by atoms with Gasteiger partial charge in [0.05, 0.1) is 5.56 Å². The molecule has 0 saturated heterocycles. The van der Waals surface area contributed by atoms with Gasteiger partial charge in [-0.3, -0.25) is 0 Å². The van der Waals surface area contributed by atoms with Crippen molar-refractivity contribution in [3.05, 3.63) is 24.3 Å². The third kappa shape index (κ3) is 2.22. The van der Waals surface area contributed by atoms with E-state index in [1.165, 1.54) is 0 Å². The van der Waals surface area contributed by atoms with Crippen LogP contribution in [0, 0.1) is 0 Å². The summed E-state index contributed by atoms with van der Waals surface area (Å²) in [7, 11) is 0. The van der Waals surface area contributed by atoms with E-state index >= 15 is 0 Å². The Morgan fingerprint density at radius 3 is 2.59 bits per heavy atom. The van der Waals surface area contributed by atoms with Gasteiger partial charge in [-0.25, -0.2) is 0 Å². The number of benzene rings is 1. The van der Waals surface area contributed by atoms with E-state index in [0.717, 1.165) is 18.7 Å². The lowest BCUT2D eigenvalue weighted by Crippen LogP contribution is -2.22. The Kier molecular flexibility index (Phi) is 3.27. The molecule has 0 fully saturated rings. The van der Waals surface area contributed by atoms with Gasteiger partial charge >= 0.3 is 0 Å². The largest absolute Gasteiger partial charge is 0.398 e. The van der Waals surface area contributed by atoms with Crippen molar-refractivity contribution >= 4 is 11.6 Å². The van der Waals surface area contributed by atoms with E-state index in [1.807, 2.05) is 29.2 Å². The predicted octanol–water partition coefficient (Wildman–Crippen LogP) is 2.17. The minimum atomic E-state index is 0.463. The third-order valence-corrected chi connectivity index (χ3v) is 2.65. The van der Waals surface area contributed by atoms with Crippen molar-refractivity contribution in [1.82, 2.24) is 10.1 Å². The molecule has 5 nitrogen and oxygen atoms in total. The first-order valence-electron chi connectivity index (χ1n) is 5.69. The highest BCUT2D eigenvalue weighted by Crippen LogP contribution is 2.25. The molecule has 0 amide bonds. The van der Waals surface area contributed by atoms with Crippen LogP contribution in [0.2, 0.25) is 0 Å². The van der Waals surface area contributed by atoms with Gasteiger partial charge in [0.15, 0.2) is 0 Å². The highest BCUT2D eigenvalue weighted by Gasteiger charge is 2.14. The van der Waals surface area contributed by atoms with Crippen molar-refractivity contribution in [3.63, 3.8) is 0 Å². The summed E-state index contributed by atoms with van der Waals surface area (Å²) in [6.45, 7) is 5.80. The summed E-state index contributed by atoms with van der Waals surface area (Å²) in [5.41, 5.74) is 7.28. The van der Waals surface area contributed by atoms with Gasteiger partial charge in [0.2, 0.25) is 0 Å². The Morgan fingerprint density at radius 1 is 1.24 bits per heavy atom. The molecular formula is C12H16N4O. The molecule has 0 spiro atoms. The van der Waals surface area contributed by atoms with Gasteiger partial charge < -0.3 is 15.2 Å². The average molecular weight is 232 g/mol. The third-order valence-electron chi connectivity index (χ3n) is 2.65. The van der Waals surface area contributed by atoms with E-state index < -0.39 is 0 Å². The summed E-state index contributed by atoms with van der Waals surface area (Å²) < 4.78 is 5.23. The number of hydrogen-bond donors (Lipinski definition) is 1. The van der Waals surface area contributed by atoms with Gasteiger partial charge in [-0.05, 0) is 31.1 Å². The fourth-order valence-corrected chi connectivity index (χ4v) is 1.65. The molecule has 5 heteroatoms. The highest BCUT2D eigenvalue weighted by atomic mass is 16.5. The van der Waals surface area contributed by atoms with Crippen LogP contribution in [-0.4, -0.2) is 23.2 Å². The molecular weight excluding hydrogens is 216 g/mol. The Bertz CT molecular complexity index is 491. The molecule has 0 aliphatic rings. The van der Waals surface area contributed by atoms with Gasteiger partial charge in [0, 0.05) is 18.8 Å². The van der Waals surface area contributed by atoms with Crippen LogP contribution in [0.4, 0.5) is 11.6 Å². The molecule has 0 bridgehead atoms. The zero-order valence-corrected chi connectivity index (χ0v) is 10.1. The van der Waals surface area contributed by atoms with E-state index in [1.54, 1.807) is 0 Å². The number of hydrogen-bond acceptors (Lipinski definition) is 5. The molecule has 2 aromatic rings. The fourth-order valence-electron chi connectivity index (χ4n) is 1.65. The van der Waals surface area contributed by atoms with Gasteiger partial charge in [-0.15, -0.1) is 0 Å². The number of nitrogen functional groups attached to an aromatic ring is 1. The normalized spacial score (nSPS) is 10.5. The van der Waals surface area contributed by atoms with E-state index in [-0.39, 0.29) is 0 Å². The summed E-state index contributed by atoms with van der Waals surface area (Å²) in [4.78, 5) is 6.37. The van der Waals surface area contributed by atoms with Gasteiger partial charge in [0.25, 0.3) is 11.8 Å². The van der Waals surface area contributed by atoms with Crippen molar-refractivity contribution in [2.75, 3.05) is 23.7 Å². The lowest BCUT2D eigenvalue weighted by atomic mass is 10.2. The lowest BCUT2D eigenvalue weighted by Gasteiger charge is -2.14. The molecule has 1 aromatic heterocycles. The van der Waals surface area contributed by atoms with E-state index in [2.05, 4.69) is 24.0 Å². The standard InChI is InChI=1S/C12H16N4O/c1-3-16(4-2)12-14-11(17-15-12)9-7-5-6-8-10(9)13/h5-8H,3-4,13H2,1-2H3. The Morgan fingerprint density at radius 2 is 1.94 bits per heavy atom. The van der Waals surface area contributed by atoms with Crippen molar-refractivity contribution in [1.29, 1.82) is 0 Å². The van der Waals surface area contributed by atoms with Crippen LogP contribution >= 0.6 is 0 Å². The van der Waals surface area contributed by atoms with Gasteiger partial charge in [-0.2, -0.15) is 4.98 Å². The maximum Gasteiger partial charge on any atom is 0.266 e. The number of aromatic nitrogens is 2. The zero-order valence-electron chi connectivity index (χ0n) is 10.1. The summed E-state index contributed by atoms with van der Waals surface area (Å²) in [5.74, 6) is 1.07. The van der Waals surface area contributed by atoms with E-state index in [4.69, 9.17) is 10.3 Å². The van der Waals surface area contributed by atoms with Crippen molar-refractivity contribution in [2.24, 2.45) is 0 Å². The number of rotatable bonds is 4. The van der Waals surface area contributed by atoms with E-state index in [9.17, 15) is 0 Å². The second-order valence-electron chi connectivity index (χ2n) is 3.66. The average Bonchev–Trinajstić information content (AvgIpc) is 2.81. The molecule has 0 aliphatic heterocycles. The highest BCUT2D eigenvalue weighted by molar-refractivity contribution is 5.70. The first-order valence-corrected chi connectivity index (χ1v) is 5.69. The van der Waals surface area contributed by atoms with Crippen molar-refractivity contribution in [3.8, 4) is 11.5 Å². The molecule has 90 valence electrons. The summed E-state index contributed by atoms with van der Waals surface area (Å²) >= 11 is 0. The summed E-state index contributed by atoms with van der Waals surface area (Å²) in [6, 6.07) is 7.46. The maximum absolute atomic E-state index is 5.86. The Hall–Kier alpha value is -2.04. The molecule has 0 aliphatic carbocycles. The zero-order chi connectivity index (χ0) is 12.3. The van der Waals surface area contributed by atoms with Crippen LogP contribution < -0.4 is 10.6 Å². The number of nitrogens with two attached hydrogens (primary N) is 1. The van der Waals surface area contributed by atoms with Crippen LogP contribution in [0.15, 0.2) is 28.8 Å². The SMILES string of the molecule is CCN(CC)c1noc(-c2ccccc2N)n1. The van der Waals surface area contributed by atoms with E-state index in [0.29, 0.717) is 17.5 Å². The lowest BCUT2D eigenvalue weighted by molar-refractivity contribution is 0.429. The quantitative estimate of drug-likeness (QED) is 0.818. The number of nitrogens with zero attached hydrogens (tertiary/aromatic N) is 3. The van der Waals surface area contributed by atoms with Crippen LogP contribution in [0.3, 0.4) is 0 Å². The fraction of sp³-hybridized carbons (Fsp3) is 0.333. The monoisotopic (exact) mass is 232 g/mol. The molecule has 0 atom stereocenters. The molecule has 1 heterocycles. The maximum atomic E-state index is 5.86. The second kappa shape index (κ2) is 4.86. The Balaban J connectivity index is 2.33. The molecule has 2 rings (SSSR count). The first-order chi connectivity index (χ1) is 8.26. The van der Waals surface area contributed by atoms with Gasteiger partial charge in [-0.1, -0.05) is 12.1 Å². The minimum Gasteiger partial charge on any atom is -0.398 e. The smallest absolute Gasteiger partial charge is 0.266 e. The minimum absolute atomic E-state index is 0.463. The summed E-state index contributed by atoms with van der Waals surface area (Å²) in [6.07, 6.45) is 0.